The minimum Gasteiger partial charge on any atom is -0.345 e. The highest BCUT2D eigenvalue weighted by Gasteiger charge is 2.46. The van der Waals surface area contributed by atoms with Gasteiger partial charge in [0.05, 0.1) is 11.9 Å². The molecule has 1 N–H and O–H groups in total. The van der Waals surface area contributed by atoms with Gasteiger partial charge < -0.3 is 9.88 Å². The highest BCUT2D eigenvalue weighted by Crippen LogP contribution is 2.46. The van der Waals surface area contributed by atoms with Crippen LogP contribution in [0, 0.1) is 0 Å². The molecule has 1 amide bonds. The van der Waals surface area contributed by atoms with E-state index in [2.05, 4.69) is 38.4 Å². The van der Waals surface area contributed by atoms with Crippen molar-refractivity contribution in [3.8, 4) is 0 Å². The molecule has 1 aromatic heterocycles. The fraction of sp³-hybridized carbons (Fsp3) is 0.333. The first-order valence-corrected chi connectivity index (χ1v) is 7.45. The van der Waals surface area contributed by atoms with Gasteiger partial charge >= 0.3 is 0 Å². The third-order valence-electron chi connectivity index (χ3n) is 3.84. The smallest absolute Gasteiger partial charge is 0.243 e. The minimum atomic E-state index is -0.248. The Morgan fingerprint density at radius 1 is 1.50 bits per heavy atom. The number of hydrogen-bond acceptors (Lipinski definition) is 2. The monoisotopic (exact) mass is 333 g/mol. The fourth-order valence-electron chi connectivity index (χ4n) is 2.37. The zero-order valence-corrected chi connectivity index (χ0v) is 12.8. The third kappa shape index (κ3) is 2.50. The van der Waals surface area contributed by atoms with Crippen molar-refractivity contribution in [1.82, 2.24) is 14.9 Å². The zero-order chi connectivity index (χ0) is 14.2. The van der Waals surface area contributed by atoms with Crippen molar-refractivity contribution in [2.75, 3.05) is 0 Å². The predicted octanol–water partition coefficient (Wildman–Crippen LogP) is 3.01. The maximum atomic E-state index is 12.4. The molecule has 0 aliphatic heterocycles. The number of carbonyl (C=O) groups excluding carboxylic acids is 1. The van der Waals surface area contributed by atoms with Gasteiger partial charge in [-0.2, -0.15) is 0 Å². The number of nitrogens with zero attached hydrogens (tertiary/aromatic N) is 2. The van der Waals surface area contributed by atoms with Gasteiger partial charge in [-0.3, -0.25) is 4.79 Å². The normalized spacial score (nSPS) is 17.5. The van der Waals surface area contributed by atoms with Crippen LogP contribution in [-0.2, 0) is 10.3 Å². The molecule has 3 rings (SSSR count). The van der Waals surface area contributed by atoms with Gasteiger partial charge in [0.1, 0.15) is 6.04 Å². The molecule has 0 saturated heterocycles. The molecule has 5 heteroatoms. The molecule has 4 nitrogen and oxygen atoms in total. The summed E-state index contributed by atoms with van der Waals surface area (Å²) < 4.78 is 2.85. The van der Waals surface area contributed by atoms with E-state index in [1.807, 2.05) is 29.8 Å². The van der Waals surface area contributed by atoms with Crippen molar-refractivity contribution in [2.24, 2.45) is 0 Å². The van der Waals surface area contributed by atoms with Gasteiger partial charge in [0.15, 0.2) is 0 Å². The van der Waals surface area contributed by atoms with Gasteiger partial charge in [-0.05, 0) is 37.5 Å². The molecule has 1 aliphatic rings. The van der Waals surface area contributed by atoms with Gasteiger partial charge in [0.2, 0.25) is 5.91 Å². The van der Waals surface area contributed by atoms with Crippen LogP contribution in [0.4, 0.5) is 0 Å². The summed E-state index contributed by atoms with van der Waals surface area (Å²) in [6.45, 7) is 1.88. The standard InChI is InChI=1S/C15H16BrN3O/c1-11(19-8-7-17-10-19)14(20)18-15(5-6-15)12-3-2-4-13(16)9-12/h2-4,7-11H,5-6H2,1H3,(H,18,20)/t11-/m1/s1. The first-order valence-electron chi connectivity index (χ1n) is 6.66. The molecule has 0 spiro atoms. The van der Waals surface area contributed by atoms with E-state index in [1.165, 1.54) is 0 Å². The summed E-state index contributed by atoms with van der Waals surface area (Å²) in [5.74, 6) is 0.0282. The van der Waals surface area contributed by atoms with E-state index in [9.17, 15) is 4.79 Å². The van der Waals surface area contributed by atoms with Crippen molar-refractivity contribution in [3.63, 3.8) is 0 Å². The Kier molecular flexibility index (Phi) is 3.38. The SMILES string of the molecule is C[C@H](C(=O)NC1(c2cccc(Br)c2)CC1)n1ccnc1. The average Bonchev–Trinajstić information content (AvgIpc) is 3.02. The summed E-state index contributed by atoms with van der Waals surface area (Å²) in [4.78, 5) is 16.4. The second-order valence-electron chi connectivity index (χ2n) is 5.27. The molecule has 0 unspecified atom stereocenters. The molecule has 0 radical (unpaired) electrons. The Bertz CT molecular complexity index is 620. The van der Waals surface area contributed by atoms with Crippen molar-refractivity contribution >= 4 is 21.8 Å². The molecule has 20 heavy (non-hydrogen) atoms. The summed E-state index contributed by atoms with van der Waals surface area (Å²) in [7, 11) is 0. The summed E-state index contributed by atoms with van der Waals surface area (Å²) in [5.41, 5.74) is 0.980. The Hall–Kier alpha value is -1.62. The number of hydrogen-bond donors (Lipinski definition) is 1. The number of carbonyl (C=O) groups is 1. The molecule has 1 aromatic carbocycles. The van der Waals surface area contributed by atoms with Crippen molar-refractivity contribution in [2.45, 2.75) is 31.3 Å². The summed E-state index contributed by atoms with van der Waals surface area (Å²) in [5, 5.41) is 3.19. The van der Waals surface area contributed by atoms with Gasteiger partial charge in [-0.15, -0.1) is 0 Å². The van der Waals surface area contributed by atoms with Crippen molar-refractivity contribution in [3.05, 3.63) is 53.0 Å². The molecular weight excluding hydrogens is 318 g/mol. The Morgan fingerprint density at radius 3 is 2.90 bits per heavy atom. The molecule has 1 fully saturated rings. The molecule has 104 valence electrons. The van der Waals surface area contributed by atoms with Gasteiger partial charge in [-0.1, -0.05) is 28.1 Å². The van der Waals surface area contributed by atoms with Crippen LogP contribution in [0.2, 0.25) is 0 Å². The maximum absolute atomic E-state index is 12.4. The van der Waals surface area contributed by atoms with Crippen molar-refractivity contribution in [1.29, 1.82) is 0 Å². The minimum absolute atomic E-state index is 0.0282. The molecular formula is C15H16BrN3O. The maximum Gasteiger partial charge on any atom is 0.243 e. The van der Waals surface area contributed by atoms with Crippen LogP contribution in [0.15, 0.2) is 47.5 Å². The Morgan fingerprint density at radius 2 is 2.30 bits per heavy atom. The lowest BCUT2D eigenvalue weighted by atomic mass is 10.0. The zero-order valence-electron chi connectivity index (χ0n) is 11.2. The number of halogens is 1. The average molecular weight is 334 g/mol. The highest BCUT2D eigenvalue weighted by molar-refractivity contribution is 9.10. The topological polar surface area (TPSA) is 46.9 Å². The molecule has 1 atom stereocenters. The molecule has 0 bridgehead atoms. The quantitative estimate of drug-likeness (QED) is 0.934. The van der Waals surface area contributed by atoms with Crippen molar-refractivity contribution < 1.29 is 4.79 Å². The first-order chi connectivity index (χ1) is 9.61. The third-order valence-corrected chi connectivity index (χ3v) is 4.33. The van der Waals surface area contributed by atoms with Crippen LogP contribution in [-0.4, -0.2) is 15.5 Å². The van der Waals surface area contributed by atoms with E-state index < -0.39 is 0 Å². The van der Waals surface area contributed by atoms with E-state index in [1.54, 1.807) is 12.5 Å². The van der Waals surface area contributed by atoms with Crippen LogP contribution in [0.3, 0.4) is 0 Å². The fourth-order valence-corrected chi connectivity index (χ4v) is 2.77. The second-order valence-corrected chi connectivity index (χ2v) is 6.18. The van der Waals surface area contributed by atoms with Crippen LogP contribution in [0.1, 0.15) is 31.4 Å². The highest BCUT2D eigenvalue weighted by atomic mass is 79.9. The summed E-state index contributed by atoms with van der Waals surface area (Å²) in [6.07, 6.45) is 7.15. The molecule has 1 heterocycles. The molecule has 1 saturated carbocycles. The number of benzene rings is 1. The van der Waals surface area contributed by atoms with E-state index in [4.69, 9.17) is 0 Å². The van der Waals surface area contributed by atoms with Crippen LogP contribution < -0.4 is 5.32 Å². The van der Waals surface area contributed by atoms with E-state index >= 15 is 0 Å². The largest absolute Gasteiger partial charge is 0.345 e. The Labute approximate surface area is 126 Å². The first kappa shape index (κ1) is 13.4. The van der Waals surface area contributed by atoms with E-state index in [0.717, 1.165) is 22.9 Å². The summed E-state index contributed by atoms with van der Waals surface area (Å²) in [6, 6.07) is 7.90. The van der Waals surface area contributed by atoms with Crippen LogP contribution >= 0.6 is 15.9 Å². The Balaban J connectivity index is 1.76. The van der Waals surface area contributed by atoms with Gasteiger partial charge in [0, 0.05) is 16.9 Å². The molecule has 2 aromatic rings. The van der Waals surface area contributed by atoms with E-state index in [-0.39, 0.29) is 17.5 Å². The number of imidazole rings is 1. The van der Waals surface area contributed by atoms with E-state index in [0.29, 0.717) is 0 Å². The van der Waals surface area contributed by atoms with Gasteiger partial charge in [-0.25, -0.2) is 4.98 Å². The lowest BCUT2D eigenvalue weighted by Gasteiger charge is -2.21. The summed E-state index contributed by atoms with van der Waals surface area (Å²) >= 11 is 3.48. The lowest BCUT2D eigenvalue weighted by Crippen LogP contribution is -2.38. The number of nitrogens with one attached hydrogen (secondary N) is 1. The van der Waals surface area contributed by atoms with Gasteiger partial charge in [0.25, 0.3) is 0 Å². The number of amides is 1. The number of rotatable bonds is 4. The second kappa shape index (κ2) is 5.05. The van der Waals surface area contributed by atoms with Crippen LogP contribution in [0.5, 0.6) is 0 Å². The number of aromatic nitrogens is 2. The predicted molar refractivity (Wildman–Crippen MR) is 80.1 cm³/mol. The van der Waals surface area contributed by atoms with Crippen LogP contribution in [0.25, 0.3) is 0 Å². The molecule has 1 aliphatic carbocycles. The lowest BCUT2D eigenvalue weighted by molar-refractivity contribution is -0.124.